The molecule has 27 heteroatoms. The van der Waals surface area contributed by atoms with Crippen molar-refractivity contribution in [2.75, 3.05) is 0 Å². The fourth-order valence-corrected chi connectivity index (χ4v) is 0. The van der Waals surface area contributed by atoms with Gasteiger partial charge in [0.05, 0.1) is 0 Å². The van der Waals surface area contributed by atoms with Crippen molar-refractivity contribution in [1.29, 1.82) is 0 Å². The molecule has 0 rings (SSSR count). The van der Waals surface area contributed by atoms with E-state index in [0.717, 1.165) is 0 Å². The van der Waals surface area contributed by atoms with Crippen molar-refractivity contribution in [3.63, 3.8) is 0 Å². The Morgan fingerprint density at radius 2 is 0.407 bits per heavy atom. The molecule has 0 saturated carbocycles. The van der Waals surface area contributed by atoms with Gasteiger partial charge in [-0.1, -0.05) is 0 Å². The molecule has 144 valence electrons. The summed E-state index contributed by atoms with van der Waals surface area (Å²) < 4.78 is 51.8. The molecule has 0 fully saturated rings. The molecule has 0 heterocycles. The molecule has 0 bridgehead atoms. The third-order valence-corrected chi connectivity index (χ3v) is 0. The molecule has 0 unspecified atom stereocenters. The minimum Gasteiger partial charge on any atom is -0.604 e. The molecule has 0 aromatic heterocycles. The largest absolute Gasteiger partial charge is 3.00 e. The van der Waals surface area contributed by atoms with Crippen LogP contribution < -0.4 is 80.2 Å². The molecular weight excluding hydrogens is 547 g/mol. The summed E-state index contributed by atoms with van der Waals surface area (Å²) in [6.07, 6.45) is 0. The molecule has 0 aromatic rings. The van der Waals surface area contributed by atoms with Crippen molar-refractivity contribution in [2.24, 2.45) is 0 Å². The zero-order valence-corrected chi connectivity index (χ0v) is 24.6. The van der Waals surface area contributed by atoms with Crippen LogP contribution in [-0.2, 0) is 26.8 Å². The summed E-state index contributed by atoms with van der Waals surface area (Å²) in [5.74, 6) is 0. The van der Waals surface area contributed by atoms with Crippen molar-refractivity contribution < 1.29 is 136 Å². The second-order valence-corrected chi connectivity index (χ2v) is 4.79. The van der Waals surface area contributed by atoms with Crippen molar-refractivity contribution in [1.82, 2.24) is 0 Å². The Balaban J connectivity index is -0.0000000201. The predicted octanol–water partition coefficient (Wildman–Crippen LogP) is -17.2. The summed E-state index contributed by atoms with van der Waals surface area (Å²) in [4.78, 5) is 94.1. The summed E-state index contributed by atoms with van der Waals surface area (Å²) in [7, 11) is -20.3. The minimum atomic E-state index is -3.38. The van der Waals surface area contributed by atoms with Crippen LogP contribution in [0.1, 0.15) is 0 Å². The number of hydrogen-bond donors (Lipinski definition) is 6. The van der Waals surface area contributed by atoms with Crippen molar-refractivity contribution in [3.8, 4) is 0 Å². The van der Waals surface area contributed by atoms with E-state index in [1.807, 2.05) is 0 Å². The van der Waals surface area contributed by atoms with E-state index in [0.29, 0.717) is 0 Å². The molecule has 0 radical (unpaired) electrons. The first-order valence-electron chi connectivity index (χ1n) is 3.79. The Labute approximate surface area is 228 Å². The second kappa shape index (κ2) is 50.4. The molecule has 27 heavy (non-hydrogen) atoms. The van der Waals surface area contributed by atoms with E-state index in [-0.39, 0.29) is 91.8 Å². The molecule has 0 spiro atoms. The molecule has 0 aliphatic rings. The average molecular weight is 553 g/mol. The van der Waals surface area contributed by atoms with Crippen LogP contribution in [-0.4, -0.2) is 124 Å². The fraction of sp³-hybridized carbons (Fsp3) is 0. The molecule has 6 N–H and O–H groups in total. The van der Waals surface area contributed by atoms with Crippen molar-refractivity contribution >= 4 is 95.4 Å². The Bertz CT molecular complexity index is 269. The number of rotatable bonds is 0. The molecule has 0 atom stereocenters. The molecule has 0 saturated heterocycles. The fourth-order valence-electron chi connectivity index (χ4n) is 0. The smallest absolute Gasteiger partial charge is 0.604 e. The Morgan fingerprint density at radius 1 is 0.407 bits per heavy atom. The van der Waals surface area contributed by atoms with Crippen LogP contribution in [0, 0.1) is 0 Å². The second-order valence-electron chi connectivity index (χ2n) is 1.60. The zero-order chi connectivity index (χ0) is 21.5. The monoisotopic (exact) mass is 552 g/mol. The maximum Gasteiger partial charge on any atom is 3.00 e. The first kappa shape index (κ1) is 56.5. The maximum atomic E-state index is 8.63. The Kier molecular flexibility index (Phi) is 105. The van der Waals surface area contributed by atoms with Gasteiger partial charge in [-0.05, 0) is 0 Å². The van der Waals surface area contributed by atoms with Crippen LogP contribution >= 0.6 is 0 Å². The Hall–Kier alpha value is 0.636. The van der Waals surface area contributed by atoms with E-state index in [1.54, 1.807) is 0 Å². The van der Waals surface area contributed by atoms with Crippen LogP contribution in [0.15, 0.2) is 0 Å². The molecule has 0 aliphatic carbocycles. The van der Waals surface area contributed by atoms with Crippen LogP contribution in [0.2, 0.25) is 0 Å². The van der Waals surface area contributed by atoms with Gasteiger partial charge in [-0.25, -0.2) is 0 Å². The van der Waals surface area contributed by atoms with Crippen molar-refractivity contribution in [2.45, 2.75) is 0 Å². The average Bonchev–Trinajstić information content (AvgIpc) is 2.08. The summed E-state index contributed by atoms with van der Waals surface area (Å²) >= 11 is 0. The van der Waals surface area contributed by atoms with E-state index in [9.17, 15) is 0 Å². The van der Waals surface area contributed by atoms with E-state index >= 15 is 0 Å². The quantitative estimate of drug-likeness (QED) is 0.152. The molecular formula is H6AlKMgO18Si6. The minimum absolute atomic E-state index is 0. The SMILES string of the molecule is O=[Si]([O-])O.O=[Si]([O-])O.O=[Si]([O-])O.O=[Si]([O-])O.O=[Si]([O-])O.O=[Si]([O-])O.[Al+3].[K+].[Mg+2]. The van der Waals surface area contributed by atoms with Gasteiger partial charge in [0, 0.05) is 0 Å². The summed E-state index contributed by atoms with van der Waals surface area (Å²) in [6, 6.07) is 0. The summed E-state index contributed by atoms with van der Waals surface area (Å²) in [5.41, 5.74) is 0. The first-order valence-corrected chi connectivity index (χ1v) is 11.4. The van der Waals surface area contributed by atoms with E-state index in [2.05, 4.69) is 0 Å². The van der Waals surface area contributed by atoms with Crippen LogP contribution in [0.25, 0.3) is 0 Å². The van der Waals surface area contributed by atoms with E-state index in [4.69, 9.17) is 84.3 Å². The van der Waals surface area contributed by atoms with Gasteiger partial charge in [-0.15, -0.1) is 0 Å². The van der Waals surface area contributed by atoms with Gasteiger partial charge in [-0.3, -0.25) is 0 Å². The normalized spacial score (nSPS) is 5.33. The van der Waals surface area contributed by atoms with Crippen LogP contribution in [0.3, 0.4) is 0 Å². The van der Waals surface area contributed by atoms with Crippen LogP contribution in [0.4, 0.5) is 0 Å². The van der Waals surface area contributed by atoms with Crippen molar-refractivity contribution in [3.05, 3.63) is 0 Å². The number of hydrogen-bond acceptors (Lipinski definition) is 12. The van der Waals surface area contributed by atoms with Gasteiger partial charge in [0.1, 0.15) is 0 Å². The van der Waals surface area contributed by atoms with Gasteiger partial charge < -0.3 is 84.3 Å². The van der Waals surface area contributed by atoms with Gasteiger partial charge >= 0.3 is 147 Å². The van der Waals surface area contributed by atoms with E-state index < -0.39 is 55.0 Å². The zero-order valence-electron chi connectivity index (χ0n) is 12.9. The summed E-state index contributed by atoms with van der Waals surface area (Å²) in [5, 5.41) is 0. The molecule has 0 amide bonds. The van der Waals surface area contributed by atoms with Gasteiger partial charge in [-0.2, -0.15) is 0 Å². The first-order chi connectivity index (χ1) is 10.4. The molecule has 18 nitrogen and oxygen atoms in total. The topological polar surface area (TPSA) is 362 Å². The van der Waals surface area contributed by atoms with E-state index in [1.165, 1.54) is 0 Å². The third kappa shape index (κ3) is 39900. The van der Waals surface area contributed by atoms with Crippen LogP contribution in [0.5, 0.6) is 0 Å². The summed E-state index contributed by atoms with van der Waals surface area (Å²) in [6.45, 7) is 0. The predicted molar refractivity (Wildman–Crippen MR) is 63.5 cm³/mol. The molecule has 0 aliphatic heterocycles. The maximum absolute atomic E-state index is 8.63. The van der Waals surface area contributed by atoms with Gasteiger partial charge in [0.2, 0.25) is 0 Å². The van der Waals surface area contributed by atoms with Gasteiger partial charge in [0.15, 0.2) is 0 Å². The Morgan fingerprint density at radius 3 is 0.407 bits per heavy atom. The molecule has 0 aromatic carbocycles. The third-order valence-electron chi connectivity index (χ3n) is 0. The van der Waals surface area contributed by atoms with Gasteiger partial charge in [0.25, 0.3) is 0 Å². The standard InChI is InChI=1S/Al.K.Mg.6HO3Si/c;;;6*1-4(2)3/h;;;6*1H/q+3;+1;+2;6*-1.